The summed E-state index contributed by atoms with van der Waals surface area (Å²) in [6.07, 6.45) is 5.01. The Hall–Kier alpha value is -0.370. The third kappa shape index (κ3) is 3.80. The summed E-state index contributed by atoms with van der Waals surface area (Å²) in [5, 5.41) is 3.26. The van der Waals surface area contributed by atoms with Crippen LogP contribution in [0.4, 0.5) is 5.82 Å². The van der Waals surface area contributed by atoms with Crippen LogP contribution in [0.3, 0.4) is 0 Å². The minimum atomic E-state index is -2.90. The van der Waals surface area contributed by atoms with Crippen LogP contribution in [0, 0.1) is 8.99 Å². The Bertz CT molecular complexity index is 512. The van der Waals surface area contributed by atoms with Gasteiger partial charge in [0.05, 0.1) is 9.32 Å². The standard InChI is InChI=1S/C11H15IN2O2S/c1-17(15,16)8-11(4-5-11)7-14-10-9(12)3-2-6-13-10/h2-3,6H,4-5,7-8H2,1H3,(H,13,14). The fourth-order valence-corrected chi connectivity index (χ4v) is 3.93. The summed E-state index contributed by atoms with van der Waals surface area (Å²) >= 11 is 2.22. The molecule has 0 amide bonds. The number of nitrogens with one attached hydrogen (secondary N) is 1. The fourth-order valence-electron chi connectivity index (χ4n) is 1.89. The van der Waals surface area contributed by atoms with Gasteiger partial charge in [0.2, 0.25) is 0 Å². The second kappa shape index (κ2) is 4.72. The van der Waals surface area contributed by atoms with Crippen molar-refractivity contribution in [3.05, 3.63) is 21.9 Å². The molecule has 0 unspecified atom stereocenters. The van der Waals surface area contributed by atoms with Gasteiger partial charge in [-0.05, 0) is 47.6 Å². The Labute approximate surface area is 115 Å². The predicted octanol–water partition coefficient (Wildman–Crippen LogP) is 1.92. The van der Waals surface area contributed by atoms with E-state index in [4.69, 9.17) is 0 Å². The maximum atomic E-state index is 11.3. The number of nitrogens with zero attached hydrogens (tertiary/aromatic N) is 1. The van der Waals surface area contributed by atoms with Crippen molar-refractivity contribution in [2.75, 3.05) is 23.9 Å². The van der Waals surface area contributed by atoms with Crippen LogP contribution in [-0.2, 0) is 9.84 Å². The number of rotatable bonds is 5. The maximum Gasteiger partial charge on any atom is 0.148 e. The van der Waals surface area contributed by atoms with Gasteiger partial charge in [-0.15, -0.1) is 0 Å². The molecule has 4 nitrogen and oxygen atoms in total. The van der Waals surface area contributed by atoms with Crippen molar-refractivity contribution in [1.82, 2.24) is 4.98 Å². The van der Waals surface area contributed by atoms with Crippen molar-refractivity contribution < 1.29 is 8.42 Å². The molecule has 0 aromatic carbocycles. The molecule has 0 bridgehead atoms. The SMILES string of the molecule is CS(=O)(=O)CC1(CNc2ncccc2I)CC1. The molecular weight excluding hydrogens is 351 g/mol. The van der Waals surface area contributed by atoms with Crippen molar-refractivity contribution in [3.63, 3.8) is 0 Å². The highest BCUT2D eigenvalue weighted by molar-refractivity contribution is 14.1. The highest BCUT2D eigenvalue weighted by Crippen LogP contribution is 2.46. The van der Waals surface area contributed by atoms with Crippen LogP contribution >= 0.6 is 22.6 Å². The Morgan fingerprint density at radius 3 is 2.76 bits per heavy atom. The summed E-state index contributed by atoms with van der Waals surface area (Å²) < 4.78 is 23.7. The molecule has 17 heavy (non-hydrogen) atoms. The van der Waals surface area contributed by atoms with Crippen LogP contribution in [0.15, 0.2) is 18.3 Å². The summed E-state index contributed by atoms with van der Waals surface area (Å²) in [6.45, 7) is 0.688. The van der Waals surface area contributed by atoms with Crippen molar-refractivity contribution in [2.24, 2.45) is 5.41 Å². The van der Waals surface area contributed by atoms with Gasteiger partial charge in [-0.2, -0.15) is 0 Å². The molecule has 2 rings (SSSR count). The van der Waals surface area contributed by atoms with E-state index in [1.165, 1.54) is 6.26 Å². The van der Waals surface area contributed by atoms with E-state index in [-0.39, 0.29) is 11.2 Å². The number of sulfone groups is 1. The summed E-state index contributed by atoms with van der Waals surface area (Å²) in [4.78, 5) is 4.24. The van der Waals surface area contributed by atoms with Crippen molar-refractivity contribution in [2.45, 2.75) is 12.8 Å². The largest absolute Gasteiger partial charge is 0.369 e. The number of pyridine rings is 1. The van der Waals surface area contributed by atoms with Gasteiger partial charge in [-0.25, -0.2) is 13.4 Å². The lowest BCUT2D eigenvalue weighted by molar-refractivity contribution is 0.560. The molecule has 6 heteroatoms. The van der Waals surface area contributed by atoms with Gasteiger partial charge >= 0.3 is 0 Å². The van der Waals surface area contributed by atoms with E-state index in [0.717, 1.165) is 22.2 Å². The van der Waals surface area contributed by atoms with Crippen LogP contribution in [0.25, 0.3) is 0 Å². The summed E-state index contributed by atoms with van der Waals surface area (Å²) in [5.74, 6) is 1.11. The van der Waals surface area contributed by atoms with Crippen molar-refractivity contribution in [1.29, 1.82) is 0 Å². The summed E-state index contributed by atoms with van der Waals surface area (Å²) in [5.41, 5.74) is -0.0613. The lowest BCUT2D eigenvalue weighted by Gasteiger charge is -2.15. The quantitative estimate of drug-likeness (QED) is 0.809. The Morgan fingerprint density at radius 1 is 1.53 bits per heavy atom. The average Bonchev–Trinajstić information content (AvgIpc) is 2.94. The zero-order valence-electron chi connectivity index (χ0n) is 9.61. The predicted molar refractivity (Wildman–Crippen MR) is 76.8 cm³/mol. The van der Waals surface area contributed by atoms with Crippen molar-refractivity contribution in [3.8, 4) is 0 Å². The first kappa shape index (κ1) is 13.1. The molecular formula is C11H15IN2O2S. The molecule has 0 saturated heterocycles. The fraction of sp³-hybridized carbons (Fsp3) is 0.545. The lowest BCUT2D eigenvalue weighted by atomic mass is 10.1. The van der Waals surface area contributed by atoms with E-state index < -0.39 is 9.84 Å². The first-order valence-corrected chi connectivity index (χ1v) is 8.56. The van der Waals surface area contributed by atoms with Gasteiger partial charge in [-0.1, -0.05) is 0 Å². The number of aromatic nitrogens is 1. The smallest absolute Gasteiger partial charge is 0.148 e. The topological polar surface area (TPSA) is 59.1 Å². The van der Waals surface area contributed by atoms with E-state index >= 15 is 0 Å². The highest BCUT2D eigenvalue weighted by atomic mass is 127. The van der Waals surface area contributed by atoms with Gasteiger partial charge < -0.3 is 5.32 Å². The third-order valence-corrected chi connectivity index (χ3v) is 4.92. The van der Waals surface area contributed by atoms with Crippen LogP contribution in [0.2, 0.25) is 0 Å². The van der Waals surface area contributed by atoms with Gasteiger partial charge in [0.1, 0.15) is 15.7 Å². The zero-order valence-corrected chi connectivity index (χ0v) is 12.6. The number of hydrogen-bond donors (Lipinski definition) is 1. The van der Waals surface area contributed by atoms with E-state index in [9.17, 15) is 8.42 Å². The molecule has 1 aromatic heterocycles. The molecule has 1 aliphatic carbocycles. The molecule has 1 fully saturated rings. The molecule has 1 N–H and O–H groups in total. The molecule has 0 radical (unpaired) electrons. The summed E-state index contributed by atoms with van der Waals surface area (Å²) in [7, 11) is -2.90. The normalized spacial score (nSPS) is 17.8. The van der Waals surface area contributed by atoms with Crippen LogP contribution in [-0.4, -0.2) is 32.0 Å². The molecule has 1 heterocycles. The van der Waals surface area contributed by atoms with Crippen LogP contribution in [0.1, 0.15) is 12.8 Å². The summed E-state index contributed by atoms with van der Waals surface area (Å²) in [6, 6.07) is 3.86. The van der Waals surface area contributed by atoms with Crippen molar-refractivity contribution >= 4 is 38.2 Å². The second-order valence-electron chi connectivity index (χ2n) is 4.76. The molecule has 0 aliphatic heterocycles. The maximum absolute atomic E-state index is 11.3. The monoisotopic (exact) mass is 366 g/mol. The number of hydrogen-bond acceptors (Lipinski definition) is 4. The molecule has 94 valence electrons. The molecule has 1 aliphatic rings. The Kier molecular flexibility index (Phi) is 3.63. The highest BCUT2D eigenvalue weighted by Gasteiger charge is 2.45. The van der Waals surface area contributed by atoms with E-state index in [0.29, 0.717) is 6.54 Å². The number of anilines is 1. The first-order chi connectivity index (χ1) is 7.90. The Balaban J connectivity index is 1.97. The first-order valence-electron chi connectivity index (χ1n) is 5.42. The van der Waals surface area contributed by atoms with Gasteiger partial charge in [-0.3, -0.25) is 0 Å². The lowest BCUT2D eigenvalue weighted by Crippen LogP contribution is -2.24. The Morgan fingerprint density at radius 2 is 2.24 bits per heavy atom. The zero-order chi connectivity index (χ0) is 12.5. The molecule has 1 aromatic rings. The van der Waals surface area contributed by atoms with Gasteiger partial charge in [0, 0.05) is 24.4 Å². The molecule has 0 atom stereocenters. The third-order valence-electron chi connectivity index (χ3n) is 2.91. The van der Waals surface area contributed by atoms with E-state index in [2.05, 4.69) is 32.9 Å². The van der Waals surface area contributed by atoms with E-state index in [1.807, 2.05) is 12.1 Å². The van der Waals surface area contributed by atoms with Crippen LogP contribution < -0.4 is 5.32 Å². The van der Waals surface area contributed by atoms with Crippen LogP contribution in [0.5, 0.6) is 0 Å². The number of halogens is 1. The van der Waals surface area contributed by atoms with Gasteiger partial charge in [0.25, 0.3) is 0 Å². The minimum absolute atomic E-state index is 0.0613. The molecule has 0 spiro atoms. The van der Waals surface area contributed by atoms with Gasteiger partial charge in [0.15, 0.2) is 0 Å². The van der Waals surface area contributed by atoms with E-state index in [1.54, 1.807) is 6.20 Å². The molecule has 1 saturated carbocycles. The second-order valence-corrected chi connectivity index (χ2v) is 8.06. The average molecular weight is 366 g/mol. The minimum Gasteiger partial charge on any atom is -0.369 e.